The van der Waals surface area contributed by atoms with Crippen molar-refractivity contribution in [3.8, 4) is 17.3 Å². The van der Waals surface area contributed by atoms with Gasteiger partial charge in [-0.15, -0.1) is 0 Å². The lowest BCUT2D eigenvalue weighted by Gasteiger charge is -2.04. The average Bonchev–Trinajstić information content (AvgIpc) is 2.90. The van der Waals surface area contributed by atoms with Crippen LogP contribution in [0.2, 0.25) is 0 Å². The minimum absolute atomic E-state index is 0. The third kappa shape index (κ3) is 3.41. The van der Waals surface area contributed by atoms with Crippen LogP contribution < -0.4 is 10.00 Å². The lowest BCUT2D eigenvalue weighted by atomic mass is 10.2. The van der Waals surface area contributed by atoms with Crippen LogP contribution >= 0.6 is 0 Å². The number of anilines is 1. The number of aromatic hydroxyl groups is 1. The summed E-state index contributed by atoms with van der Waals surface area (Å²) in [7, 11) is 0. The van der Waals surface area contributed by atoms with E-state index in [2.05, 4.69) is 10.5 Å². The molecule has 124 valence electrons. The molecule has 3 aromatic rings. The van der Waals surface area contributed by atoms with Crippen LogP contribution in [0, 0.1) is 6.92 Å². The molecule has 1 heterocycles. The molecule has 0 fully saturated rings. The molecule has 0 aliphatic carbocycles. The molecule has 2 aromatic carbocycles. The van der Waals surface area contributed by atoms with Gasteiger partial charge < -0.3 is 15.9 Å². The molecule has 7 heteroatoms. The van der Waals surface area contributed by atoms with E-state index in [1.165, 1.54) is 22.5 Å². The maximum absolute atomic E-state index is 11.3. The number of carbonyl (C=O) groups is 1. The topological polar surface area (TPSA) is 101 Å². The minimum atomic E-state index is -0.166. The lowest BCUT2D eigenvalue weighted by molar-refractivity contribution is -0.660. The van der Waals surface area contributed by atoms with Gasteiger partial charge in [-0.05, 0) is 31.2 Å². The van der Waals surface area contributed by atoms with E-state index >= 15 is 0 Å². The van der Waals surface area contributed by atoms with Gasteiger partial charge in [0.2, 0.25) is 12.1 Å². The van der Waals surface area contributed by atoms with Crippen molar-refractivity contribution in [2.75, 3.05) is 5.32 Å². The molecule has 0 spiro atoms. The molecule has 3 N–H and O–H groups in total. The fourth-order valence-electron chi connectivity index (χ4n) is 2.29. The molecule has 0 saturated carbocycles. The van der Waals surface area contributed by atoms with E-state index in [0.717, 1.165) is 11.3 Å². The Balaban J connectivity index is 0.00000208. The summed E-state index contributed by atoms with van der Waals surface area (Å²) in [5.74, 6) is -0.160. The maximum atomic E-state index is 11.3. The van der Waals surface area contributed by atoms with E-state index in [1.54, 1.807) is 6.07 Å². The molecule has 24 heavy (non-hydrogen) atoms. The number of aryl methyl sites for hydroxylation is 1. The van der Waals surface area contributed by atoms with Crippen LogP contribution in [0.1, 0.15) is 12.5 Å². The van der Waals surface area contributed by atoms with Gasteiger partial charge in [-0.25, -0.2) is 0 Å². The van der Waals surface area contributed by atoms with E-state index in [9.17, 15) is 9.90 Å². The van der Waals surface area contributed by atoms with Crippen LogP contribution in [0.4, 0.5) is 5.69 Å². The quantitative estimate of drug-likeness (QED) is 0.718. The van der Waals surface area contributed by atoms with Crippen molar-refractivity contribution in [2.45, 2.75) is 13.8 Å². The largest absolute Gasteiger partial charge is 0.870 e. The van der Waals surface area contributed by atoms with Gasteiger partial charge in [0.25, 0.3) is 0 Å². The summed E-state index contributed by atoms with van der Waals surface area (Å²) >= 11 is 0. The highest BCUT2D eigenvalue weighted by molar-refractivity contribution is 5.90. The Bertz CT molecular complexity index is 857. The maximum Gasteiger partial charge on any atom is 0.351 e. The number of benzene rings is 2. The molecule has 1 aromatic heterocycles. The van der Waals surface area contributed by atoms with Crippen molar-refractivity contribution >= 4 is 11.6 Å². The standard InChI is InChI=1S/C17H16N4O2.H2O/c1-12-7-9-14(10-8-12)21-17(23)11-20(19-21)16-6-4-3-5-15(16)18-13(2)22;/h3-11H,1-2H3,(H-,18,19,22,23);1H2. The molecule has 0 bridgehead atoms. The molecule has 0 aliphatic heterocycles. The van der Waals surface area contributed by atoms with Crippen molar-refractivity contribution in [3.05, 3.63) is 60.3 Å². The van der Waals surface area contributed by atoms with E-state index in [1.807, 2.05) is 49.4 Å². The SMILES string of the molecule is CC(=O)Nc1ccccc1-[n+]1cc(O)n(-c2ccc(C)cc2)n1.[OH-]. The second kappa shape index (κ2) is 6.93. The molecular weight excluding hydrogens is 308 g/mol. The van der Waals surface area contributed by atoms with Gasteiger partial charge in [-0.1, -0.05) is 39.2 Å². The van der Waals surface area contributed by atoms with Gasteiger partial charge in [0.15, 0.2) is 11.4 Å². The van der Waals surface area contributed by atoms with Gasteiger partial charge in [0, 0.05) is 6.92 Å². The lowest BCUT2D eigenvalue weighted by Crippen LogP contribution is -2.34. The number of aromatic nitrogens is 3. The van der Waals surface area contributed by atoms with Crippen LogP contribution in [0.25, 0.3) is 11.4 Å². The summed E-state index contributed by atoms with van der Waals surface area (Å²) in [6.07, 6.45) is 1.50. The Morgan fingerprint density at radius 2 is 1.83 bits per heavy atom. The molecule has 0 saturated heterocycles. The first-order valence-electron chi connectivity index (χ1n) is 7.19. The summed E-state index contributed by atoms with van der Waals surface area (Å²) in [6, 6.07) is 14.9. The van der Waals surface area contributed by atoms with Crippen molar-refractivity contribution in [1.82, 2.24) is 9.90 Å². The number of hydrogen-bond donors (Lipinski definition) is 2. The highest BCUT2D eigenvalue weighted by Gasteiger charge is 2.20. The predicted molar refractivity (Wildman–Crippen MR) is 87.7 cm³/mol. The molecular formula is C17H18N4O3. The van der Waals surface area contributed by atoms with Crippen LogP contribution in [-0.4, -0.2) is 26.4 Å². The Hall–Kier alpha value is -3.19. The number of hydrogen-bond acceptors (Lipinski definition) is 4. The Kier molecular flexibility index (Phi) is 4.96. The molecule has 0 aliphatic rings. The summed E-state index contributed by atoms with van der Waals surface area (Å²) in [6.45, 7) is 3.44. The normalized spacial score (nSPS) is 10.1. The number of rotatable bonds is 3. The molecule has 0 radical (unpaired) electrons. The number of nitrogens with one attached hydrogen (secondary N) is 1. The summed E-state index contributed by atoms with van der Waals surface area (Å²) in [5, 5.41) is 17.3. The van der Waals surface area contributed by atoms with E-state index in [4.69, 9.17) is 0 Å². The first-order chi connectivity index (χ1) is 11.0. The number of carbonyl (C=O) groups excluding carboxylic acids is 1. The highest BCUT2D eigenvalue weighted by atomic mass is 16.3. The second-order valence-electron chi connectivity index (χ2n) is 5.27. The smallest absolute Gasteiger partial charge is 0.351 e. The zero-order valence-corrected chi connectivity index (χ0v) is 13.3. The van der Waals surface area contributed by atoms with Crippen molar-refractivity contribution in [2.24, 2.45) is 0 Å². The van der Waals surface area contributed by atoms with Crippen LogP contribution in [0.15, 0.2) is 54.7 Å². The fraction of sp³-hybridized carbons (Fsp3) is 0.118. The first-order valence-corrected chi connectivity index (χ1v) is 7.19. The molecule has 0 unspecified atom stereocenters. The van der Waals surface area contributed by atoms with Gasteiger partial charge in [0.05, 0.1) is 5.69 Å². The Labute approximate surface area is 139 Å². The molecule has 3 rings (SSSR count). The highest BCUT2D eigenvalue weighted by Crippen LogP contribution is 2.18. The molecule has 0 atom stereocenters. The molecule has 7 nitrogen and oxygen atoms in total. The summed E-state index contributed by atoms with van der Waals surface area (Å²) < 4.78 is 2.96. The third-order valence-electron chi connectivity index (χ3n) is 3.38. The van der Waals surface area contributed by atoms with Gasteiger partial charge in [-0.2, -0.15) is 0 Å². The molecule has 1 amide bonds. The van der Waals surface area contributed by atoms with Crippen molar-refractivity contribution in [3.63, 3.8) is 0 Å². The van der Waals surface area contributed by atoms with Crippen LogP contribution in [-0.2, 0) is 4.79 Å². The summed E-state index contributed by atoms with van der Waals surface area (Å²) in [5.41, 5.74) is 3.18. The van der Waals surface area contributed by atoms with E-state index < -0.39 is 0 Å². The minimum Gasteiger partial charge on any atom is -0.870 e. The van der Waals surface area contributed by atoms with E-state index in [0.29, 0.717) is 11.4 Å². The first kappa shape index (κ1) is 17.2. The Morgan fingerprint density at radius 1 is 1.17 bits per heavy atom. The van der Waals surface area contributed by atoms with Crippen molar-refractivity contribution < 1.29 is 20.1 Å². The zero-order valence-electron chi connectivity index (χ0n) is 13.3. The van der Waals surface area contributed by atoms with Gasteiger partial charge in [-0.3, -0.25) is 4.79 Å². The van der Waals surface area contributed by atoms with E-state index in [-0.39, 0.29) is 17.3 Å². The Morgan fingerprint density at radius 3 is 2.50 bits per heavy atom. The number of para-hydroxylation sites is 2. The third-order valence-corrected chi connectivity index (χ3v) is 3.38. The van der Waals surface area contributed by atoms with Crippen LogP contribution in [0.3, 0.4) is 0 Å². The fourth-order valence-corrected chi connectivity index (χ4v) is 2.29. The number of nitrogens with zero attached hydrogens (tertiary/aromatic N) is 3. The monoisotopic (exact) mass is 326 g/mol. The van der Waals surface area contributed by atoms with Gasteiger partial charge >= 0.3 is 5.88 Å². The predicted octanol–water partition coefficient (Wildman–Crippen LogP) is 1.94. The zero-order chi connectivity index (χ0) is 16.4. The summed E-state index contributed by atoms with van der Waals surface area (Å²) in [4.78, 5) is 11.3. The average molecular weight is 326 g/mol. The van der Waals surface area contributed by atoms with Crippen molar-refractivity contribution in [1.29, 1.82) is 0 Å². The van der Waals surface area contributed by atoms with Crippen LogP contribution in [0.5, 0.6) is 5.88 Å². The number of amides is 1. The second-order valence-corrected chi connectivity index (χ2v) is 5.27. The van der Waals surface area contributed by atoms with Gasteiger partial charge in [0.1, 0.15) is 5.21 Å².